The molecule has 3 rings (SSSR count). The molecule has 0 radical (unpaired) electrons. The van der Waals surface area contributed by atoms with Crippen LogP contribution in [0.15, 0.2) is 78.9 Å². The maximum atomic E-state index is 12.0. The number of carbonyl (C=O) groups excluding carboxylic acids is 3. The Hall–Kier alpha value is -3.93. The highest BCUT2D eigenvalue weighted by molar-refractivity contribution is 5.93. The third kappa shape index (κ3) is 6.04. The van der Waals surface area contributed by atoms with Crippen LogP contribution in [0.1, 0.15) is 10.4 Å². The molecular formula is C23H19NO5. The van der Waals surface area contributed by atoms with Crippen molar-refractivity contribution in [3.63, 3.8) is 0 Å². The van der Waals surface area contributed by atoms with Crippen LogP contribution in [0.4, 0.5) is 5.69 Å². The molecule has 0 fully saturated rings. The second-order valence-corrected chi connectivity index (χ2v) is 6.13. The highest BCUT2D eigenvalue weighted by atomic mass is 16.6. The Kier molecular flexibility index (Phi) is 6.73. The summed E-state index contributed by atoms with van der Waals surface area (Å²) >= 11 is 0. The van der Waals surface area contributed by atoms with Crippen molar-refractivity contribution in [3.05, 3.63) is 84.4 Å². The lowest BCUT2D eigenvalue weighted by molar-refractivity contribution is -0.149. The minimum Gasteiger partial charge on any atom is -0.482 e. The van der Waals surface area contributed by atoms with Gasteiger partial charge in [-0.15, -0.1) is 0 Å². The third-order valence-corrected chi connectivity index (χ3v) is 4.01. The number of carbonyl (C=O) groups is 3. The van der Waals surface area contributed by atoms with Gasteiger partial charge in [0.1, 0.15) is 12.0 Å². The fraction of sp³-hybridized carbons (Fsp3) is 0.0870. The highest BCUT2D eigenvalue weighted by Gasteiger charge is 2.09. The molecule has 0 bridgehead atoms. The molecule has 0 heterocycles. The van der Waals surface area contributed by atoms with Gasteiger partial charge in [0.05, 0.1) is 0 Å². The number of rotatable bonds is 8. The molecule has 1 amide bonds. The quantitative estimate of drug-likeness (QED) is 0.469. The smallest absolute Gasteiger partial charge is 0.344 e. The van der Waals surface area contributed by atoms with Crippen LogP contribution in [-0.2, 0) is 14.3 Å². The van der Waals surface area contributed by atoms with E-state index in [4.69, 9.17) is 9.47 Å². The van der Waals surface area contributed by atoms with Crippen LogP contribution in [0.5, 0.6) is 5.75 Å². The molecule has 29 heavy (non-hydrogen) atoms. The van der Waals surface area contributed by atoms with E-state index in [9.17, 15) is 14.4 Å². The van der Waals surface area contributed by atoms with Crippen LogP contribution in [0, 0.1) is 0 Å². The van der Waals surface area contributed by atoms with Crippen LogP contribution in [-0.4, -0.2) is 31.4 Å². The van der Waals surface area contributed by atoms with Gasteiger partial charge in [-0.2, -0.15) is 0 Å². The van der Waals surface area contributed by atoms with E-state index in [-0.39, 0.29) is 6.61 Å². The molecule has 0 saturated carbocycles. The van der Waals surface area contributed by atoms with Crippen LogP contribution in [0.25, 0.3) is 11.1 Å². The van der Waals surface area contributed by atoms with E-state index in [0.717, 1.165) is 11.1 Å². The molecule has 0 aromatic heterocycles. The first kappa shape index (κ1) is 19.8. The molecule has 0 aliphatic carbocycles. The molecule has 6 nitrogen and oxygen atoms in total. The van der Waals surface area contributed by atoms with Crippen molar-refractivity contribution in [2.75, 3.05) is 18.5 Å². The van der Waals surface area contributed by atoms with Gasteiger partial charge in [-0.05, 0) is 47.5 Å². The summed E-state index contributed by atoms with van der Waals surface area (Å²) in [5.41, 5.74) is 3.24. The summed E-state index contributed by atoms with van der Waals surface area (Å²) in [5, 5.41) is 2.67. The first-order chi connectivity index (χ1) is 14.1. The normalized spacial score (nSPS) is 10.1. The lowest BCUT2D eigenvalue weighted by Crippen LogP contribution is -2.23. The zero-order valence-corrected chi connectivity index (χ0v) is 15.5. The second-order valence-electron chi connectivity index (χ2n) is 6.13. The van der Waals surface area contributed by atoms with Crippen LogP contribution in [0.2, 0.25) is 0 Å². The highest BCUT2D eigenvalue weighted by Crippen LogP contribution is 2.20. The van der Waals surface area contributed by atoms with Crippen LogP contribution < -0.4 is 10.1 Å². The molecule has 0 aliphatic heterocycles. The maximum absolute atomic E-state index is 12.0. The summed E-state index contributed by atoms with van der Waals surface area (Å²) in [6.45, 7) is -0.744. The first-order valence-electron chi connectivity index (χ1n) is 8.93. The Bertz CT molecular complexity index is 966. The molecule has 3 aromatic carbocycles. The molecule has 0 spiro atoms. The summed E-state index contributed by atoms with van der Waals surface area (Å²) in [5.74, 6) is -0.685. The fourth-order valence-electron chi connectivity index (χ4n) is 2.55. The van der Waals surface area contributed by atoms with Crippen LogP contribution >= 0.6 is 0 Å². The zero-order valence-electron chi connectivity index (χ0n) is 15.5. The van der Waals surface area contributed by atoms with E-state index in [1.807, 2.05) is 42.5 Å². The molecule has 0 atom stereocenters. The number of hydrogen-bond acceptors (Lipinski definition) is 5. The summed E-state index contributed by atoms with van der Waals surface area (Å²) in [4.78, 5) is 34.3. The largest absolute Gasteiger partial charge is 0.482 e. The SMILES string of the molecule is O=Cc1ccc(OCC(=O)OCC(=O)Nc2ccc(-c3ccccc3)cc2)cc1. The first-order valence-corrected chi connectivity index (χ1v) is 8.93. The number of hydrogen-bond donors (Lipinski definition) is 1. The van der Waals surface area contributed by atoms with Crippen molar-refractivity contribution in [2.45, 2.75) is 0 Å². The average molecular weight is 389 g/mol. The Morgan fingerprint density at radius 3 is 2.10 bits per heavy atom. The summed E-state index contributed by atoms with van der Waals surface area (Å²) < 4.78 is 10.2. The summed E-state index contributed by atoms with van der Waals surface area (Å²) in [6, 6.07) is 23.6. The van der Waals surface area contributed by atoms with E-state index in [0.29, 0.717) is 23.3 Å². The lowest BCUT2D eigenvalue weighted by atomic mass is 10.1. The minimum absolute atomic E-state index is 0.334. The maximum Gasteiger partial charge on any atom is 0.344 e. The number of benzene rings is 3. The van der Waals surface area contributed by atoms with E-state index in [1.54, 1.807) is 36.4 Å². The average Bonchev–Trinajstić information content (AvgIpc) is 2.78. The van der Waals surface area contributed by atoms with E-state index >= 15 is 0 Å². The molecule has 6 heteroatoms. The molecule has 0 aliphatic rings. The van der Waals surface area contributed by atoms with Crippen molar-refractivity contribution in [1.82, 2.24) is 0 Å². The van der Waals surface area contributed by atoms with Gasteiger partial charge >= 0.3 is 5.97 Å². The molecule has 0 saturated heterocycles. The molecular weight excluding hydrogens is 370 g/mol. The van der Waals surface area contributed by atoms with Gasteiger partial charge in [0.15, 0.2) is 13.2 Å². The monoisotopic (exact) mass is 389 g/mol. The molecule has 3 aromatic rings. The van der Waals surface area contributed by atoms with Gasteiger partial charge in [0, 0.05) is 11.3 Å². The van der Waals surface area contributed by atoms with Crippen molar-refractivity contribution >= 4 is 23.9 Å². The number of nitrogens with one attached hydrogen (secondary N) is 1. The lowest BCUT2D eigenvalue weighted by Gasteiger charge is -2.09. The molecule has 1 N–H and O–H groups in total. The van der Waals surface area contributed by atoms with Gasteiger partial charge in [-0.25, -0.2) is 4.79 Å². The van der Waals surface area contributed by atoms with E-state index in [2.05, 4.69) is 5.32 Å². The number of amides is 1. The van der Waals surface area contributed by atoms with Gasteiger partial charge in [-0.3, -0.25) is 9.59 Å². The summed E-state index contributed by atoms with van der Waals surface area (Å²) in [6.07, 6.45) is 0.714. The number of esters is 1. The predicted octanol–water partition coefficient (Wildman–Crippen LogP) is 3.73. The van der Waals surface area contributed by atoms with Gasteiger partial charge < -0.3 is 14.8 Å². The Morgan fingerprint density at radius 1 is 0.793 bits per heavy atom. The van der Waals surface area contributed by atoms with Crippen LogP contribution in [0.3, 0.4) is 0 Å². The Labute approximate surface area is 168 Å². The van der Waals surface area contributed by atoms with Crippen molar-refractivity contribution in [3.8, 4) is 16.9 Å². The topological polar surface area (TPSA) is 81.7 Å². The van der Waals surface area contributed by atoms with E-state index < -0.39 is 18.5 Å². The number of aldehydes is 1. The number of anilines is 1. The van der Waals surface area contributed by atoms with Crippen molar-refractivity contribution < 1.29 is 23.9 Å². The fourth-order valence-corrected chi connectivity index (χ4v) is 2.55. The van der Waals surface area contributed by atoms with Gasteiger partial charge in [0.2, 0.25) is 0 Å². The van der Waals surface area contributed by atoms with Crippen molar-refractivity contribution in [2.24, 2.45) is 0 Å². The zero-order chi connectivity index (χ0) is 20.5. The van der Waals surface area contributed by atoms with E-state index in [1.165, 1.54) is 0 Å². The predicted molar refractivity (Wildman–Crippen MR) is 109 cm³/mol. The minimum atomic E-state index is -0.668. The molecule has 0 unspecified atom stereocenters. The van der Waals surface area contributed by atoms with Gasteiger partial charge in [-0.1, -0.05) is 42.5 Å². The second kappa shape index (κ2) is 9.85. The third-order valence-electron chi connectivity index (χ3n) is 4.01. The number of ether oxygens (including phenoxy) is 2. The Morgan fingerprint density at radius 2 is 1.45 bits per heavy atom. The van der Waals surface area contributed by atoms with Gasteiger partial charge in [0.25, 0.3) is 5.91 Å². The summed E-state index contributed by atoms with van der Waals surface area (Å²) in [7, 11) is 0. The Balaban J connectivity index is 1.42. The molecule has 146 valence electrons. The standard InChI is InChI=1S/C23H19NO5/c25-14-17-6-12-21(13-7-17)28-16-23(27)29-15-22(26)24-20-10-8-19(9-11-20)18-4-2-1-3-5-18/h1-14H,15-16H2,(H,24,26). The van der Waals surface area contributed by atoms with Crippen molar-refractivity contribution in [1.29, 1.82) is 0 Å².